The zero-order valence-corrected chi connectivity index (χ0v) is 48.8. The molecule has 0 radical (unpaired) electrons. The number of halogens is 24. The van der Waals surface area contributed by atoms with E-state index in [1.54, 1.807) is 0 Å². The lowest BCUT2D eigenvalue weighted by atomic mass is 9.95. The predicted octanol–water partition coefficient (Wildman–Crippen LogP) is 23.0. The van der Waals surface area contributed by atoms with Crippen molar-refractivity contribution < 1.29 is 105 Å². The third-order valence-corrected chi connectivity index (χ3v) is 16.2. The summed E-state index contributed by atoms with van der Waals surface area (Å²) >= 11 is 0. The van der Waals surface area contributed by atoms with Crippen molar-refractivity contribution in [3.63, 3.8) is 0 Å². The van der Waals surface area contributed by atoms with Gasteiger partial charge in [-0.2, -0.15) is 111 Å². The smallest absolute Gasteiger partial charge is 0.308 e. The van der Waals surface area contributed by atoms with Gasteiger partial charge < -0.3 is 9.13 Å². The van der Waals surface area contributed by atoms with Crippen LogP contribution in [0.25, 0.3) is 111 Å². The fourth-order valence-corrected chi connectivity index (χ4v) is 12.0. The number of hydrogen-bond donors (Lipinski definition) is 0. The Kier molecular flexibility index (Phi) is 15.6. The number of benzene rings is 9. The average Bonchev–Trinajstić information content (AvgIpc) is 1.55. The lowest BCUT2D eigenvalue weighted by molar-refractivity contribution is -0.144. The molecule has 3 aromatic heterocycles. The molecule has 12 rings (SSSR count). The molecule has 0 saturated heterocycles. The van der Waals surface area contributed by atoms with Gasteiger partial charge in [-0.3, -0.25) is 0 Å². The number of fused-ring (bicyclic) bond motifs is 6. The predicted molar refractivity (Wildman–Crippen MR) is 310 cm³/mol. The van der Waals surface area contributed by atoms with Crippen molar-refractivity contribution in [2.24, 2.45) is 0 Å². The number of nitrogens with zero attached hydrogens (tertiary/aromatic N) is 6. The summed E-state index contributed by atoms with van der Waals surface area (Å²) in [5.41, 5.74) is -23.2. The Bertz CT molecular complexity index is 4740. The highest BCUT2D eigenvalue weighted by Crippen LogP contribution is 2.51. The molecule has 9 aromatic carbocycles. The molecular weight excluding hydrogens is 1360 g/mol. The minimum absolute atomic E-state index is 0.0581. The van der Waals surface area contributed by atoms with Crippen LogP contribution in [0.5, 0.6) is 0 Å². The number of alkyl halides is 24. The maximum Gasteiger partial charge on any atom is 0.417 e. The fraction of sp³-hybridized carbons (Fsp3) is 0.147. The molecule has 12 aromatic rings. The molecule has 0 saturated carbocycles. The van der Waals surface area contributed by atoms with Crippen LogP contribution in [0.1, 0.15) is 61.7 Å². The summed E-state index contributed by atoms with van der Waals surface area (Å²) in [5, 5.41) is 10.9. The number of rotatable bonds is 7. The Hall–Kier alpha value is -10.6. The molecule has 98 heavy (non-hydrogen) atoms. The maximum absolute atomic E-state index is 15.1. The number of nitriles is 1. The molecule has 0 aliphatic rings. The Morgan fingerprint density at radius 2 is 0.541 bits per heavy atom. The zero-order chi connectivity index (χ0) is 71.3. The Morgan fingerprint density at radius 3 is 0.755 bits per heavy atom. The van der Waals surface area contributed by atoms with E-state index in [9.17, 15) is 57.9 Å². The van der Waals surface area contributed by atoms with E-state index < -0.39 is 167 Å². The van der Waals surface area contributed by atoms with Crippen molar-refractivity contribution in [3.05, 3.63) is 219 Å². The van der Waals surface area contributed by atoms with Crippen LogP contribution in [-0.2, 0) is 49.4 Å². The second-order valence-electron chi connectivity index (χ2n) is 22.4. The molecule has 0 amide bonds. The van der Waals surface area contributed by atoms with Crippen LogP contribution in [0.2, 0.25) is 0 Å². The first kappa shape index (κ1) is 67.4. The monoisotopic (exact) mass is 1390 g/mol. The molecule has 3 heterocycles. The van der Waals surface area contributed by atoms with Gasteiger partial charge in [0.05, 0.1) is 95.1 Å². The van der Waals surface area contributed by atoms with E-state index in [-0.39, 0.29) is 79.5 Å². The number of aryl methyl sites for hydroxylation is 2. The van der Waals surface area contributed by atoms with Gasteiger partial charge in [0.25, 0.3) is 0 Å². The van der Waals surface area contributed by atoms with Crippen molar-refractivity contribution in [2.45, 2.75) is 63.3 Å². The van der Waals surface area contributed by atoms with Crippen LogP contribution in [0.3, 0.4) is 0 Å². The molecule has 0 spiro atoms. The molecule has 502 valence electrons. The SMILES string of the molecule is Cc1nc(C)nc(-c2c(-n3c4cc(-c5ccc(C(F)(F)F)cc5C(F)(F)F)ccc4c4ccc(-c5ccc(C(F)(F)F)cc5C(F)(F)F)cc43)cc(C#N)cc2-n2c3cc(-c4ccc(C(F)(F)F)cc4C(F)(F)F)ccc3c3ccc(-c4ccc(C(F)(F)F)cc4C(F)(F)F)cc32)n1. The van der Waals surface area contributed by atoms with Crippen LogP contribution < -0.4 is 0 Å². The van der Waals surface area contributed by atoms with Gasteiger partial charge in [0.15, 0.2) is 5.82 Å². The van der Waals surface area contributed by atoms with Crippen LogP contribution in [0.15, 0.2) is 158 Å². The largest absolute Gasteiger partial charge is 0.417 e. The van der Waals surface area contributed by atoms with Crippen LogP contribution in [0.4, 0.5) is 105 Å². The molecule has 0 fully saturated rings. The number of hydrogen-bond acceptors (Lipinski definition) is 4. The van der Waals surface area contributed by atoms with Crippen molar-refractivity contribution in [3.8, 4) is 73.3 Å². The molecular formula is C68H32F24N6. The molecule has 0 aliphatic heterocycles. The standard InChI is InChI=1S/C68H32F24N6/c1-30-94-31(2)96-60(95-30)59-57(97-53-21-33(41-15-7-37(61(69,70)71)25-49(41)65(81,82)83)3-11-45(53)46-12-4-34(22-54(46)97)42-16-8-38(62(72,73)74)26-50(42)66(84,85)86)19-32(29-93)20-58(59)98-55-23-35(43-17-9-39(63(75,76)77)27-51(43)67(87,88)89)5-13-47(55)48-14-6-36(24-56(48)98)44-18-10-40(64(78,79)80)28-52(44)68(90,91)92/h3-28H,1-2H3. The third kappa shape index (κ3) is 12.2. The van der Waals surface area contributed by atoms with Gasteiger partial charge in [0.2, 0.25) is 0 Å². The maximum atomic E-state index is 15.1. The third-order valence-electron chi connectivity index (χ3n) is 16.2. The number of aromatic nitrogens is 5. The summed E-state index contributed by atoms with van der Waals surface area (Å²) in [5.74, 6) is -0.775. The summed E-state index contributed by atoms with van der Waals surface area (Å²) in [6, 6.07) is 19.2. The Balaban J connectivity index is 1.28. The highest BCUT2D eigenvalue weighted by Gasteiger charge is 2.43. The van der Waals surface area contributed by atoms with Crippen LogP contribution >= 0.6 is 0 Å². The Labute approximate surface area is 532 Å². The second kappa shape index (κ2) is 22.8. The molecule has 0 aliphatic carbocycles. The van der Waals surface area contributed by atoms with Crippen molar-refractivity contribution in [2.75, 3.05) is 0 Å². The topological polar surface area (TPSA) is 72.3 Å². The van der Waals surface area contributed by atoms with E-state index in [0.29, 0.717) is 48.5 Å². The van der Waals surface area contributed by atoms with Gasteiger partial charge in [0.1, 0.15) is 11.6 Å². The van der Waals surface area contributed by atoms with Crippen molar-refractivity contribution in [1.82, 2.24) is 24.1 Å². The van der Waals surface area contributed by atoms with Gasteiger partial charge in [-0.25, -0.2) is 15.0 Å². The normalized spacial score (nSPS) is 13.2. The van der Waals surface area contributed by atoms with Gasteiger partial charge in [-0.15, -0.1) is 0 Å². The average molecular weight is 1390 g/mol. The molecule has 0 unspecified atom stereocenters. The summed E-state index contributed by atoms with van der Waals surface area (Å²) in [7, 11) is 0. The van der Waals surface area contributed by atoms with Gasteiger partial charge in [0, 0.05) is 21.5 Å². The lowest BCUT2D eigenvalue weighted by Gasteiger charge is -2.21. The minimum Gasteiger partial charge on any atom is -0.308 e. The summed E-state index contributed by atoms with van der Waals surface area (Å²) in [4.78, 5) is 13.3. The minimum atomic E-state index is -5.54. The van der Waals surface area contributed by atoms with Gasteiger partial charge in [-0.05, 0) is 143 Å². The zero-order valence-electron chi connectivity index (χ0n) is 48.8. The van der Waals surface area contributed by atoms with Crippen LogP contribution in [-0.4, -0.2) is 24.1 Å². The summed E-state index contributed by atoms with van der Waals surface area (Å²) in [6.45, 7) is 2.63. The molecule has 0 bridgehead atoms. The van der Waals surface area contributed by atoms with E-state index in [2.05, 4.69) is 15.0 Å². The first-order chi connectivity index (χ1) is 45.4. The lowest BCUT2D eigenvalue weighted by Crippen LogP contribution is -2.12. The first-order valence-corrected chi connectivity index (χ1v) is 28.0. The molecule has 30 heteroatoms. The highest BCUT2D eigenvalue weighted by molar-refractivity contribution is 6.14. The first-order valence-electron chi connectivity index (χ1n) is 28.0. The van der Waals surface area contributed by atoms with E-state index >= 15 is 52.7 Å². The van der Waals surface area contributed by atoms with Crippen molar-refractivity contribution >= 4 is 43.6 Å². The molecule has 0 N–H and O–H groups in total. The van der Waals surface area contributed by atoms with Crippen molar-refractivity contribution in [1.29, 1.82) is 5.26 Å². The summed E-state index contributed by atoms with van der Waals surface area (Å²) < 4.78 is 353. The summed E-state index contributed by atoms with van der Waals surface area (Å²) in [6.07, 6.45) is -43.5. The Morgan fingerprint density at radius 1 is 0.296 bits per heavy atom. The highest BCUT2D eigenvalue weighted by atomic mass is 19.4. The van der Waals surface area contributed by atoms with Gasteiger partial charge in [-0.1, -0.05) is 72.8 Å². The van der Waals surface area contributed by atoms with E-state index in [1.807, 2.05) is 6.07 Å². The quantitative estimate of drug-likeness (QED) is 0.149. The fourth-order valence-electron chi connectivity index (χ4n) is 12.0. The van der Waals surface area contributed by atoms with E-state index in [1.165, 1.54) is 13.8 Å². The van der Waals surface area contributed by atoms with E-state index in [4.69, 9.17) is 0 Å². The second-order valence-corrected chi connectivity index (χ2v) is 22.4. The molecule has 6 nitrogen and oxygen atoms in total. The van der Waals surface area contributed by atoms with Crippen LogP contribution in [0, 0.1) is 25.2 Å². The van der Waals surface area contributed by atoms with Gasteiger partial charge >= 0.3 is 49.4 Å². The molecule has 0 atom stereocenters. The van der Waals surface area contributed by atoms with E-state index in [0.717, 1.165) is 94.1 Å².